The van der Waals surface area contributed by atoms with Crippen molar-refractivity contribution in [1.82, 2.24) is 19.2 Å². The molecule has 22 heavy (non-hydrogen) atoms. The molecule has 6 heteroatoms. The second-order valence-electron chi connectivity index (χ2n) is 5.97. The predicted molar refractivity (Wildman–Crippen MR) is 89.0 cm³/mol. The van der Waals surface area contributed by atoms with Crippen molar-refractivity contribution in [2.45, 2.75) is 32.5 Å². The van der Waals surface area contributed by atoms with E-state index in [2.05, 4.69) is 24.0 Å². The smallest absolute Gasteiger partial charge is 0.199 e. The van der Waals surface area contributed by atoms with Gasteiger partial charge in [0.25, 0.3) is 0 Å². The molecule has 0 unspecified atom stereocenters. The van der Waals surface area contributed by atoms with Crippen LogP contribution in [0.1, 0.15) is 18.4 Å². The Morgan fingerprint density at radius 2 is 1.95 bits per heavy atom. The summed E-state index contributed by atoms with van der Waals surface area (Å²) in [7, 11) is 1.97. The van der Waals surface area contributed by atoms with Crippen LogP contribution in [0.2, 0.25) is 0 Å². The minimum absolute atomic E-state index is 0.157. The van der Waals surface area contributed by atoms with Crippen LogP contribution in [0.3, 0.4) is 0 Å². The van der Waals surface area contributed by atoms with Crippen LogP contribution in [0.25, 0.3) is 11.4 Å². The van der Waals surface area contributed by atoms with Gasteiger partial charge in [0.1, 0.15) is 0 Å². The lowest BCUT2D eigenvalue weighted by atomic mass is 10.1. The van der Waals surface area contributed by atoms with E-state index in [9.17, 15) is 5.11 Å². The molecule has 1 aliphatic heterocycles. The normalized spacial score (nSPS) is 17.0. The Balaban J connectivity index is 1.87. The van der Waals surface area contributed by atoms with Gasteiger partial charge in [-0.05, 0) is 37.5 Å². The van der Waals surface area contributed by atoms with Crippen molar-refractivity contribution < 1.29 is 5.11 Å². The molecule has 5 nitrogen and oxygen atoms in total. The van der Waals surface area contributed by atoms with Crippen molar-refractivity contribution in [3.8, 4) is 11.4 Å². The van der Waals surface area contributed by atoms with Gasteiger partial charge < -0.3 is 9.67 Å². The molecule has 0 saturated carbocycles. The van der Waals surface area contributed by atoms with E-state index in [1.807, 2.05) is 28.4 Å². The van der Waals surface area contributed by atoms with E-state index in [1.165, 1.54) is 5.56 Å². The number of nitrogens with zero attached hydrogens (tertiary/aromatic N) is 4. The van der Waals surface area contributed by atoms with Crippen LogP contribution in [-0.4, -0.2) is 43.5 Å². The molecule has 1 aromatic carbocycles. The summed E-state index contributed by atoms with van der Waals surface area (Å²) in [6.45, 7) is 4.55. The number of aliphatic hydroxyl groups excluding tert-OH is 1. The topological polar surface area (TPSA) is 46.2 Å². The molecule has 2 heterocycles. The zero-order valence-electron chi connectivity index (χ0n) is 13.1. The van der Waals surface area contributed by atoms with E-state index >= 15 is 0 Å². The summed E-state index contributed by atoms with van der Waals surface area (Å²) in [5.74, 6) is 0.903. The van der Waals surface area contributed by atoms with E-state index in [0.717, 1.165) is 42.1 Å². The fourth-order valence-corrected chi connectivity index (χ4v) is 3.07. The first kappa shape index (κ1) is 15.4. The van der Waals surface area contributed by atoms with Gasteiger partial charge in [-0.25, -0.2) is 4.68 Å². The zero-order valence-corrected chi connectivity index (χ0v) is 13.9. The van der Waals surface area contributed by atoms with Gasteiger partial charge in [-0.15, -0.1) is 0 Å². The third-order valence-corrected chi connectivity index (χ3v) is 4.80. The second kappa shape index (κ2) is 6.32. The second-order valence-corrected chi connectivity index (χ2v) is 6.34. The van der Waals surface area contributed by atoms with Gasteiger partial charge in [-0.2, -0.15) is 5.10 Å². The Kier molecular flexibility index (Phi) is 4.42. The molecule has 2 aromatic rings. The van der Waals surface area contributed by atoms with Crippen molar-refractivity contribution in [1.29, 1.82) is 0 Å². The molecule has 0 amide bonds. The Hall–Kier alpha value is -1.50. The Morgan fingerprint density at radius 3 is 2.64 bits per heavy atom. The molecule has 0 radical (unpaired) electrons. The minimum atomic E-state index is -0.157. The summed E-state index contributed by atoms with van der Waals surface area (Å²) in [6.07, 6.45) is 1.49. The van der Waals surface area contributed by atoms with Crippen LogP contribution in [0.15, 0.2) is 24.3 Å². The molecule has 0 atom stereocenters. The monoisotopic (exact) mass is 318 g/mol. The predicted octanol–water partition coefficient (Wildman–Crippen LogP) is 2.34. The third-order valence-electron chi connectivity index (χ3n) is 4.32. The molecule has 0 aliphatic carbocycles. The van der Waals surface area contributed by atoms with Crippen LogP contribution in [-0.2, 0) is 13.7 Å². The number of aromatic nitrogens is 3. The van der Waals surface area contributed by atoms with Gasteiger partial charge in [0.05, 0.1) is 12.8 Å². The highest BCUT2D eigenvalue weighted by atomic mass is 32.1. The molecule has 1 N–H and O–H groups in total. The van der Waals surface area contributed by atoms with Crippen LogP contribution in [0.5, 0.6) is 0 Å². The van der Waals surface area contributed by atoms with Gasteiger partial charge in [-0.1, -0.05) is 24.3 Å². The number of aliphatic hydroxyl groups is 1. The van der Waals surface area contributed by atoms with Gasteiger partial charge >= 0.3 is 0 Å². The lowest BCUT2D eigenvalue weighted by Gasteiger charge is -2.28. The summed E-state index contributed by atoms with van der Waals surface area (Å²) in [4.78, 5) is 2.29. The molecule has 118 valence electrons. The molecular formula is C16H22N4OS. The van der Waals surface area contributed by atoms with Gasteiger partial charge in [0.2, 0.25) is 0 Å². The quantitative estimate of drug-likeness (QED) is 0.883. The van der Waals surface area contributed by atoms with E-state index in [1.54, 1.807) is 0 Å². The Bertz CT molecular complexity index is 713. The highest BCUT2D eigenvalue weighted by Crippen LogP contribution is 2.21. The number of benzene rings is 1. The average Bonchev–Trinajstić information content (AvgIpc) is 2.78. The lowest BCUT2D eigenvalue weighted by molar-refractivity contribution is 0.0650. The molecule has 1 saturated heterocycles. The van der Waals surface area contributed by atoms with Crippen molar-refractivity contribution in [3.63, 3.8) is 0 Å². The fourth-order valence-electron chi connectivity index (χ4n) is 2.89. The molecular weight excluding hydrogens is 296 g/mol. The summed E-state index contributed by atoms with van der Waals surface area (Å²) in [5.41, 5.74) is 2.31. The SMILES string of the molecule is Cc1ccccc1-c1nn(CN2CCC(O)CC2)c(=S)n1C. The van der Waals surface area contributed by atoms with Gasteiger partial charge in [0.15, 0.2) is 10.6 Å². The van der Waals surface area contributed by atoms with Gasteiger partial charge in [-0.3, -0.25) is 4.90 Å². The van der Waals surface area contributed by atoms with Crippen molar-refractivity contribution in [2.24, 2.45) is 7.05 Å². The number of hydrogen-bond donors (Lipinski definition) is 1. The van der Waals surface area contributed by atoms with Crippen LogP contribution in [0.4, 0.5) is 0 Å². The number of piperidine rings is 1. The third kappa shape index (κ3) is 2.99. The summed E-state index contributed by atoms with van der Waals surface area (Å²) < 4.78 is 4.58. The molecule has 0 spiro atoms. The largest absolute Gasteiger partial charge is 0.393 e. The highest BCUT2D eigenvalue weighted by Gasteiger charge is 2.19. The standard InChI is InChI=1S/C16H22N4OS/c1-12-5-3-4-6-14(12)15-17-20(16(22)18(15)2)11-19-9-7-13(21)8-10-19/h3-6,13,21H,7-11H2,1-2H3. The molecule has 3 rings (SSSR count). The van der Waals surface area contributed by atoms with E-state index in [4.69, 9.17) is 17.3 Å². The van der Waals surface area contributed by atoms with E-state index in [0.29, 0.717) is 6.67 Å². The summed E-state index contributed by atoms with van der Waals surface area (Å²) >= 11 is 5.54. The molecule has 0 bridgehead atoms. The maximum absolute atomic E-state index is 9.60. The van der Waals surface area contributed by atoms with Gasteiger partial charge in [0, 0.05) is 25.7 Å². The molecule has 1 aliphatic rings. The number of hydrogen-bond acceptors (Lipinski definition) is 4. The Morgan fingerprint density at radius 1 is 1.27 bits per heavy atom. The summed E-state index contributed by atoms with van der Waals surface area (Å²) in [6, 6.07) is 8.22. The number of rotatable bonds is 3. The average molecular weight is 318 g/mol. The zero-order chi connectivity index (χ0) is 15.7. The summed E-state index contributed by atoms with van der Waals surface area (Å²) in [5, 5.41) is 14.3. The number of aryl methyl sites for hydroxylation is 1. The lowest BCUT2D eigenvalue weighted by Crippen LogP contribution is -2.37. The van der Waals surface area contributed by atoms with Crippen molar-refractivity contribution in [3.05, 3.63) is 34.6 Å². The first-order chi connectivity index (χ1) is 10.6. The van der Waals surface area contributed by atoms with Crippen LogP contribution >= 0.6 is 12.2 Å². The van der Waals surface area contributed by atoms with E-state index < -0.39 is 0 Å². The minimum Gasteiger partial charge on any atom is -0.393 e. The van der Waals surface area contributed by atoms with E-state index in [-0.39, 0.29) is 6.10 Å². The maximum atomic E-state index is 9.60. The van der Waals surface area contributed by atoms with Crippen molar-refractivity contribution in [2.75, 3.05) is 13.1 Å². The van der Waals surface area contributed by atoms with Crippen LogP contribution < -0.4 is 0 Å². The van der Waals surface area contributed by atoms with Crippen LogP contribution in [0, 0.1) is 11.7 Å². The maximum Gasteiger partial charge on any atom is 0.199 e. The Labute approximate surface area is 135 Å². The highest BCUT2D eigenvalue weighted by molar-refractivity contribution is 7.71. The first-order valence-corrected chi connectivity index (χ1v) is 8.07. The fraction of sp³-hybridized carbons (Fsp3) is 0.500. The first-order valence-electron chi connectivity index (χ1n) is 7.66. The van der Waals surface area contributed by atoms with Crippen molar-refractivity contribution >= 4 is 12.2 Å². The molecule has 1 fully saturated rings. The molecule has 1 aromatic heterocycles. The number of likely N-dealkylation sites (tertiary alicyclic amines) is 1.